The molecule has 1 spiro atoms. The molecule has 4 N–H and O–H groups in total. The zero-order valence-corrected chi connectivity index (χ0v) is 25.5. The average molecular weight is 601 g/mol. The zero-order chi connectivity index (χ0) is 31.0. The minimum Gasteiger partial charge on any atom is -0.497 e. The Balaban J connectivity index is 1.35. The molecule has 3 aromatic rings. The summed E-state index contributed by atoms with van der Waals surface area (Å²) in [6.45, 7) is 3.51. The van der Waals surface area contributed by atoms with Crippen molar-refractivity contribution in [1.82, 2.24) is 15.2 Å². The highest BCUT2D eigenvalue weighted by molar-refractivity contribution is 5.94. The number of nitrogens with zero attached hydrogens (tertiary/aromatic N) is 2. The van der Waals surface area contributed by atoms with Crippen LogP contribution in [0.1, 0.15) is 30.9 Å². The van der Waals surface area contributed by atoms with Gasteiger partial charge in [0.1, 0.15) is 17.9 Å². The van der Waals surface area contributed by atoms with Crippen molar-refractivity contribution in [3.63, 3.8) is 0 Å². The van der Waals surface area contributed by atoms with Crippen LogP contribution in [0.3, 0.4) is 0 Å². The maximum Gasteiger partial charge on any atom is 0.328 e. The topological polar surface area (TPSA) is 127 Å². The highest BCUT2D eigenvalue weighted by Crippen LogP contribution is 2.66. The first-order chi connectivity index (χ1) is 21.2. The number of aliphatic hydroxyl groups excluding tert-OH is 1. The molecular formula is C34H40N4O6. The summed E-state index contributed by atoms with van der Waals surface area (Å²) >= 11 is 0. The summed E-state index contributed by atoms with van der Waals surface area (Å²) in [5, 5.41) is 29.1. The molecule has 1 aliphatic carbocycles. The fourth-order valence-corrected chi connectivity index (χ4v) is 9.33. The van der Waals surface area contributed by atoms with Gasteiger partial charge in [-0.15, -0.1) is 0 Å². The number of rotatable bonds is 7. The molecule has 0 radical (unpaired) electrons. The second kappa shape index (κ2) is 10.1. The van der Waals surface area contributed by atoms with Crippen molar-refractivity contribution in [1.29, 1.82) is 0 Å². The van der Waals surface area contributed by atoms with Crippen molar-refractivity contribution in [2.24, 2.45) is 5.41 Å². The third-order valence-electron chi connectivity index (χ3n) is 11.1. The molecule has 7 rings (SSSR count). The highest BCUT2D eigenvalue weighted by Gasteiger charge is 2.78. The van der Waals surface area contributed by atoms with Gasteiger partial charge >= 0.3 is 5.97 Å². The number of nitrogens with one attached hydrogen (secondary N) is 2. The van der Waals surface area contributed by atoms with Gasteiger partial charge in [0.05, 0.1) is 20.3 Å². The number of fused-ring (bicyclic) bond motifs is 2. The fraction of sp³-hybridized carbons (Fsp3) is 0.471. The van der Waals surface area contributed by atoms with Crippen LogP contribution in [0, 0.1) is 5.41 Å². The summed E-state index contributed by atoms with van der Waals surface area (Å²) in [6, 6.07) is 11.6. The Kier molecular flexibility index (Phi) is 6.62. The molecule has 3 aliphatic heterocycles. The Morgan fingerprint density at radius 1 is 1.18 bits per heavy atom. The summed E-state index contributed by atoms with van der Waals surface area (Å²) in [4.78, 5) is 35.4. The number of carbonyl (C=O) groups is 2. The van der Waals surface area contributed by atoms with Crippen molar-refractivity contribution in [2.75, 3.05) is 39.3 Å². The molecule has 232 valence electrons. The van der Waals surface area contributed by atoms with Crippen molar-refractivity contribution >= 4 is 28.5 Å². The van der Waals surface area contributed by atoms with Crippen LogP contribution in [0.4, 0.5) is 5.69 Å². The summed E-state index contributed by atoms with van der Waals surface area (Å²) in [5.74, 6) is -0.753. The SMILES string of the molecule is CC[C@]12C=CCN3CC[C@@]4(c5ccc(OC)cc5N(C)[C@H]4[C@@](O)(C(=O)N[C@H](Cc4c[nH]c5ccccc45)C(=O)OC)[C@@H]1O)[C@@H]32. The Hall–Kier alpha value is -3.86. The number of anilines is 1. The second-order valence-electron chi connectivity index (χ2n) is 12.8. The lowest BCUT2D eigenvalue weighted by molar-refractivity contribution is -0.204. The van der Waals surface area contributed by atoms with E-state index in [2.05, 4.69) is 21.3 Å². The van der Waals surface area contributed by atoms with Gasteiger partial charge in [0, 0.05) is 65.7 Å². The van der Waals surface area contributed by atoms with Crippen LogP contribution in [0.2, 0.25) is 0 Å². The predicted octanol–water partition coefficient (Wildman–Crippen LogP) is 2.28. The quantitative estimate of drug-likeness (QED) is 0.240. The van der Waals surface area contributed by atoms with E-state index in [-0.39, 0.29) is 12.5 Å². The van der Waals surface area contributed by atoms with E-state index in [1.165, 1.54) is 7.11 Å². The Bertz CT molecular complexity index is 1670. The number of para-hydroxylation sites is 1. The van der Waals surface area contributed by atoms with Crippen LogP contribution in [0.15, 0.2) is 60.8 Å². The smallest absolute Gasteiger partial charge is 0.328 e. The van der Waals surface area contributed by atoms with Crippen molar-refractivity contribution in [2.45, 2.75) is 61.4 Å². The van der Waals surface area contributed by atoms with Crippen LogP contribution in [-0.4, -0.2) is 96.2 Å². The van der Waals surface area contributed by atoms with E-state index in [1.807, 2.05) is 73.6 Å². The summed E-state index contributed by atoms with van der Waals surface area (Å²) in [6.07, 6.45) is 5.79. The van der Waals surface area contributed by atoms with Gasteiger partial charge in [-0.3, -0.25) is 9.69 Å². The molecule has 10 heteroatoms. The number of aliphatic hydroxyl groups is 2. The number of likely N-dealkylation sites (N-methyl/N-ethyl adjacent to an activating group) is 1. The number of hydrogen-bond acceptors (Lipinski definition) is 8. The molecule has 4 aliphatic rings. The molecule has 10 nitrogen and oxygen atoms in total. The van der Waals surface area contributed by atoms with Crippen molar-refractivity contribution < 1.29 is 29.3 Å². The molecule has 1 saturated heterocycles. The molecule has 44 heavy (non-hydrogen) atoms. The molecule has 1 saturated carbocycles. The normalized spacial score (nSPS) is 32.6. The minimum absolute atomic E-state index is 0.141. The van der Waals surface area contributed by atoms with E-state index in [9.17, 15) is 19.8 Å². The number of aromatic nitrogens is 1. The summed E-state index contributed by atoms with van der Waals surface area (Å²) in [7, 11) is 4.76. The van der Waals surface area contributed by atoms with Gasteiger partial charge < -0.3 is 34.9 Å². The Labute approximate surface area is 256 Å². The number of aromatic amines is 1. The number of amides is 1. The lowest BCUT2D eigenvalue weighted by Gasteiger charge is -2.63. The second-order valence-corrected chi connectivity index (χ2v) is 12.8. The van der Waals surface area contributed by atoms with E-state index < -0.39 is 46.5 Å². The average Bonchev–Trinajstić information content (AvgIpc) is 3.72. The van der Waals surface area contributed by atoms with Crippen LogP contribution in [-0.2, 0) is 26.2 Å². The number of esters is 1. The first-order valence-corrected chi connectivity index (χ1v) is 15.3. The number of methoxy groups -OCH3 is 2. The van der Waals surface area contributed by atoms with Gasteiger partial charge in [0.25, 0.3) is 5.91 Å². The minimum atomic E-state index is -2.28. The molecular weight excluding hydrogens is 560 g/mol. The molecule has 1 aromatic heterocycles. The van der Waals surface area contributed by atoms with Crippen LogP contribution >= 0.6 is 0 Å². The maximum atomic E-state index is 14.7. The van der Waals surface area contributed by atoms with Gasteiger partial charge in [-0.25, -0.2) is 4.79 Å². The number of hydrogen-bond donors (Lipinski definition) is 4. The van der Waals surface area contributed by atoms with Crippen LogP contribution in [0.5, 0.6) is 5.75 Å². The summed E-state index contributed by atoms with van der Waals surface area (Å²) in [5.41, 5.74) is -0.220. The third-order valence-corrected chi connectivity index (χ3v) is 11.1. The molecule has 7 atom stereocenters. The Morgan fingerprint density at radius 3 is 2.73 bits per heavy atom. The number of ether oxygens (including phenoxy) is 2. The van der Waals surface area contributed by atoms with Gasteiger partial charge in [-0.2, -0.15) is 0 Å². The lowest BCUT2D eigenvalue weighted by atomic mass is 9.47. The maximum absolute atomic E-state index is 14.7. The third kappa shape index (κ3) is 3.59. The zero-order valence-electron chi connectivity index (χ0n) is 25.5. The first kappa shape index (κ1) is 28.9. The van der Waals surface area contributed by atoms with Crippen molar-refractivity contribution in [3.05, 3.63) is 71.9 Å². The molecule has 0 unspecified atom stereocenters. The van der Waals surface area contributed by atoms with E-state index in [4.69, 9.17) is 9.47 Å². The number of benzene rings is 2. The van der Waals surface area contributed by atoms with Crippen molar-refractivity contribution in [3.8, 4) is 5.75 Å². The largest absolute Gasteiger partial charge is 0.497 e. The lowest BCUT2D eigenvalue weighted by Crippen LogP contribution is -2.82. The standard InChI is InChI=1S/C34H40N4O6/c1-5-32-13-8-15-38-16-14-33(28(32)38)23-12-11-21(43-3)18-26(23)37(2)29(33)34(42,30(32)40)31(41)36-25(27(39)44-4)17-20-19-35-24-10-7-6-9-22(20)24/h6-13,18-19,25,28-30,35,40,42H,5,14-17H2,1-4H3,(H,36,41)/t25-,28+,29-,30-,32-,33-,34+/m1/s1. The van der Waals surface area contributed by atoms with E-state index >= 15 is 0 Å². The summed E-state index contributed by atoms with van der Waals surface area (Å²) < 4.78 is 10.7. The molecule has 0 bridgehead atoms. The van der Waals surface area contributed by atoms with Gasteiger partial charge in [0.15, 0.2) is 5.60 Å². The monoisotopic (exact) mass is 600 g/mol. The Morgan fingerprint density at radius 2 is 1.98 bits per heavy atom. The molecule has 1 amide bonds. The predicted molar refractivity (Wildman–Crippen MR) is 166 cm³/mol. The van der Waals surface area contributed by atoms with Gasteiger partial charge in [0.2, 0.25) is 0 Å². The first-order valence-electron chi connectivity index (χ1n) is 15.3. The van der Waals surface area contributed by atoms with Gasteiger partial charge in [-0.1, -0.05) is 43.3 Å². The fourth-order valence-electron chi connectivity index (χ4n) is 9.33. The van der Waals surface area contributed by atoms with Crippen LogP contribution < -0.4 is 15.0 Å². The van der Waals surface area contributed by atoms with E-state index in [0.29, 0.717) is 18.6 Å². The van der Waals surface area contributed by atoms with E-state index in [1.54, 1.807) is 7.11 Å². The number of H-pyrrole nitrogens is 1. The van der Waals surface area contributed by atoms with Gasteiger partial charge in [-0.05, 0) is 42.6 Å². The highest BCUT2D eigenvalue weighted by atomic mass is 16.5. The molecule has 4 heterocycles. The van der Waals surface area contributed by atoms with E-state index in [0.717, 1.165) is 40.8 Å². The molecule has 2 aromatic carbocycles. The van der Waals surface area contributed by atoms with Crippen LogP contribution in [0.25, 0.3) is 10.9 Å². The molecule has 2 fully saturated rings. The number of carbonyl (C=O) groups excluding carboxylic acids is 2.